The predicted molar refractivity (Wildman–Crippen MR) is 67.4 cm³/mol. The number of aliphatic carboxylic acids is 1. The van der Waals surface area contributed by atoms with Gasteiger partial charge in [0.1, 0.15) is 0 Å². The van der Waals surface area contributed by atoms with Crippen LogP contribution in [0.3, 0.4) is 0 Å². The summed E-state index contributed by atoms with van der Waals surface area (Å²) in [6.07, 6.45) is 1.53. The van der Waals surface area contributed by atoms with Crippen LogP contribution in [0, 0.1) is 0 Å². The maximum absolute atomic E-state index is 11.3. The molecular formula is C14H18O4. The van der Waals surface area contributed by atoms with Gasteiger partial charge in [0.05, 0.1) is 6.61 Å². The first kappa shape index (κ1) is 14.2. The van der Waals surface area contributed by atoms with Crippen LogP contribution in [-0.2, 0) is 27.2 Å². The van der Waals surface area contributed by atoms with Crippen LogP contribution in [0.4, 0.5) is 0 Å². The molecular weight excluding hydrogens is 232 g/mol. The van der Waals surface area contributed by atoms with Crippen LogP contribution in [-0.4, -0.2) is 23.7 Å². The molecule has 0 spiro atoms. The smallest absolute Gasteiger partial charge is 0.306 e. The number of ether oxygens (including phenoxy) is 1. The van der Waals surface area contributed by atoms with E-state index >= 15 is 0 Å². The standard InChI is InChI=1S/C14H18O4/c1-2-18-14(17)10-8-12-6-4-3-5-11(12)7-9-13(15)16/h3-6H,2,7-10H2,1H3,(H,15,16). The second-order valence-corrected chi connectivity index (χ2v) is 3.97. The first-order valence-electron chi connectivity index (χ1n) is 6.07. The van der Waals surface area contributed by atoms with Crippen LogP contribution in [0.5, 0.6) is 0 Å². The van der Waals surface area contributed by atoms with Gasteiger partial charge in [-0.2, -0.15) is 0 Å². The number of carbonyl (C=O) groups excluding carboxylic acids is 1. The molecule has 18 heavy (non-hydrogen) atoms. The van der Waals surface area contributed by atoms with Gasteiger partial charge in [-0.05, 0) is 30.9 Å². The quantitative estimate of drug-likeness (QED) is 0.753. The molecule has 4 nitrogen and oxygen atoms in total. The lowest BCUT2D eigenvalue weighted by atomic mass is 9.99. The summed E-state index contributed by atoms with van der Waals surface area (Å²) in [4.78, 5) is 21.8. The van der Waals surface area contributed by atoms with Crippen LogP contribution in [0.15, 0.2) is 24.3 Å². The average molecular weight is 250 g/mol. The minimum absolute atomic E-state index is 0.108. The van der Waals surface area contributed by atoms with E-state index in [0.717, 1.165) is 11.1 Å². The molecule has 1 N–H and O–H groups in total. The Kier molecular flexibility index (Phi) is 5.91. The monoisotopic (exact) mass is 250 g/mol. The molecule has 0 aromatic heterocycles. The maximum atomic E-state index is 11.3. The molecule has 1 aromatic rings. The van der Waals surface area contributed by atoms with Crippen molar-refractivity contribution >= 4 is 11.9 Å². The molecule has 1 rings (SSSR count). The van der Waals surface area contributed by atoms with Gasteiger partial charge in [0.2, 0.25) is 0 Å². The number of carboxylic acid groups (broad SMARTS) is 1. The zero-order chi connectivity index (χ0) is 13.4. The van der Waals surface area contributed by atoms with E-state index in [1.54, 1.807) is 6.92 Å². The van der Waals surface area contributed by atoms with Gasteiger partial charge >= 0.3 is 11.9 Å². The zero-order valence-electron chi connectivity index (χ0n) is 10.5. The predicted octanol–water partition coefficient (Wildman–Crippen LogP) is 2.20. The summed E-state index contributed by atoms with van der Waals surface area (Å²) in [5.41, 5.74) is 2.01. The van der Waals surface area contributed by atoms with E-state index in [1.165, 1.54) is 0 Å². The fraction of sp³-hybridized carbons (Fsp3) is 0.429. The van der Waals surface area contributed by atoms with Gasteiger partial charge in [0, 0.05) is 12.8 Å². The molecule has 0 atom stereocenters. The van der Waals surface area contributed by atoms with E-state index in [0.29, 0.717) is 25.9 Å². The fourth-order valence-electron chi connectivity index (χ4n) is 1.76. The van der Waals surface area contributed by atoms with Crippen molar-refractivity contribution in [1.82, 2.24) is 0 Å². The van der Waals surface area contributed by atoms with E-state index in [-0.39, 0.29) is 12.4 Å². The van der Waals surface area contributed by atoms with E-state index in [4.69, 9.17) is 9.84 Å². The molecule has 4 heteroatoms. The normalized spacial score (nSPS) is 10.1. The molecule has 0 heterocycles. The zero-order valence-corrected chi connectivity index (χ0v) is 10.5. The summed E-state index contributed by atoms with van der Waals surface area (Å²) >= 11 is 0. The highest BCUT2D eigenvalue weighted by molar-refractivity contribution is 5.70. The second-order valence-electron chi connectivity index (χ2n) is 3.97. The fourth-order valence-corrected chi connectivity index (χ4v) is 1.76. The Bertz CT molecular complexity index is 412. The lowest BCUT2D eigenvalue weighted by molar-refractivity contribution is -0.143. The Hall–Kier alpha value is -1.84. The van der Waals surface area contributed by atoms with Gasteiger partial charge in [-0.3, -0.25) is 9.59 Å². The summed E-state index contributed by atoms with van der Waals surface area (Å²) in [6.45, 7) is 2.16. The molecule has 0 bridgehead atoms. The highest BCUT2D eigenvalue weighted by Crippen LogP contribution is 2.13. The third-order valence-corrected chi connectivity index (χ3v) is 2.63. The molecule has 0 aliphatic rings. The first-order valence-corrected chi connectivity index (χ1v) is 6.07. The van der Waals surface area contributed by atoms with Gasteiger partial charge < -0.3 is 9.84 Å². The van der Waals surface area contributed by atoms with E-state index in [2.05, 4.69) is 0 Å². The highest BCUT2D eigenvalue weighted by Gasteiger charge is 2.07. The van der Waals surface area contributed by atoms with Crippen LogP contribution >= 0.6 is 0 Å². The summed E-state index contributed by atoms with van der Waals surface area (Å²) < 4.78 is 4.87. The van der Waals surface area contributed by atoms with Crippen LogP contribution in [0.2, 0.25) is 0 Å². The van der Waals surface area contributed by atoms with Crippen molar-refractivity contribution in [3.8, 4) is 0 Å². The Morgan fingerprint density at radius 1 is 1.11 bits per heavy atom. The molecule has 0 fully saturated rings. The van der Waals surface area contributed by atoms with Crippen LogP contribution in [0.25, 0.3) is 0 Å². The van der Waals surface area contributed by atoms with Gasteiger partial charge in [0.15, 0.2) is 0 Å². The molecule has 0 unspecified atom stereocenters. The van der Waals surface area contributed by atoms with Crippen molar-refractivity contribution in [3.63, 3.8) is 0 Å². The van der Waals surface area contributed by atoms with Crippen LogP contribution in [0.1, 0.15) is 30.9 Å². The second kappa shape index (κ2) is 7.48. The number of rotatable bonds is 7. The van der Waals surface area contributed by atoms with Crippen molar-refractivity contribution in [3.05, 3.63) is 35.4 Å². The minimum Gasteiger partial charge on any atom is -0.481 e. The van der Waals surface area contributed by atoms with Gasteiger partial charge in [-0.1, -0.05) is 24.3 Å². The van der Waals surface area contributed by atoms with Crippen molar-refractivity contribution in [1.29, 1.82) is 0 Å². The van der Waals surface area contributed by atoms with Gasteiger partial charge in [-0.15, -0.1) is 0 Å². The van der Waals surface area contributed by atoms with Crippen molar-refractivity contribution in [2.24, 2.45) is 0 Å². The summed E-state index contributed by atoms with van der Waals surface area (Å²) in [5, 5.41) is 8.68. The number of esters is 1. The molecule has 0 saturated carbocycles. The number of benzene rings is 1. The summed E-state index contributed by atoms with van der Waals surface area (Å²) in [7, 11) is 0. The Labute approximate surface area is 107 Å². The average Bonchev–Trinajstić information content (AvgIpc) is 2.35. The van der Waals surface area contributed by atoms with Crippen molar-refractivity contribution in [2.45, 2.75) is 32.6 Å². The number of carboxylic acids is 1. The lowest BCUT2D eigenvalue weighted by Gasteiger charge is -2.08. The number of aryl methyl sites for hydroxylation is 2. The Balaban J connectivity index is 2.58. The topological polar surface area (TPSA) is 63.6 Å². The summed E-state index contributed by atoms with van der Waals surface area (Å²) in [5.74, 6) is -1.03. The van der Waals surface area contributed by atoms with Crippen molar-refractivity contribution < 1.29 is 19.4 Å². The molecule has 1 aromatic carbocycles. The van der Waals surface area contributed by atoms with Gasteiger partial charge in [0.25, 0.3) is 0 Å². The third kappa shape index (κ3) is 4.99. The van der Waals surface area contributed by atoms with Gasteiger partial charge in [-0.25, -0.2) is 0 Å². The molecule has 0 saturated heterocycles. The Morgan fingerprint density at radius 3 is 2.17 bits per heavy atom. The molecule has 0 amide bonds. The number of carbonyl (C=O) groups is 2. The molecule has 0 aliphatic carbocycles. The van der Waals surface area contributed by atoms with Crippen LogP contribution < -0.4 is 0 Å². The van der Waals surface area contributed by atoms with Crippen molar-refractivity contribution in [2.75, 3.05) is 6.61 Å². The molecule has 98 valence electrons. The molecule has 0 aliphatic heterocycles. The first-order chi connectivity index (χ1) is 8.63. The van der Waals surface area contributed by atoms with E-state index < -0.39 is 5.97 Å². The third-order valence-electron chi connectivity index (χ3n) is 2.63. The number of hydrogen-bond donors (Lipinski definition) is 1. The van der Waals surface area contributed by atoms with E-state index in [9.17, 15) is 9.59 Å². The molecule has 0 radical (unpaired) electrons. The SMILES string of the molecule is CCOC(=O)CCc1ccccc1CCC(=O)O. The minimum atomic E-state index is -0.810. The largest absolute Gasteiger partial charge is 0.481 e. The highest BCUT2D eigenvalue weighted by atomic mass is 16.5. The summed E-state index contributed by atoms with van der Waals surface area (Å²) in [6, 6.07) is 7.61. The lowest BCUT2D eigenvalue weighted by Crippen LogP contribution is -2.07. The Morgan fingerprint density at radius 2 is 1.67 bits per heavy atom. The number of hydrogen-bond acceptors (Lipinski definition) is 3. The van der Waals surface area contributed by atoms with E-state index in [1.807, 2.05) is 24.3 Å². The maximum Gasteiger partial charge on any atom is 0.306 e.